The van der Waals surface area contributed by atoms with E-state index in [1.807, 2.05) is 58.0 Å². The molecule has 0 saturated heterocycles. The molecule has 1 heterocycles. The van der Waals surface area contributed by atoms with Crippen LogP contribution in [0.3, 0.4) is 0 Å². The Morgan fingerprint density at radius 1 is 0.614 bits per heavy atom. The number of aromatic hydroxyl groups is 2. The van der Waals surface area contributed by atoms with Crippen molar-refractivity contribution in [2.75, 3.05) is 0 Å². The Labute approximate surface area is 260 Å². The molecule has 0 radical (unpaired) electrons. The van der Waals surface area contributed by atoms with E-state index in [0.29, 0.717) is 34.5 Å². The van der Waals surface area contributed by atoms with Gasteiger partial charge < -0.3 is 14.9 Å². The molecule has 4 aromatic carbocycles. The molecule has 226 valence electrons. The molecule has 0 amide bonds. The number of aryl methyl sites for hydroxylation is 5. The summed E-state index contributed by atoms with van der Waals surface area (Å²) in [4.78, 5) is 14.5. The van der Waals surface area contributed by atoms with E-state index in [-0.39, 0.29) is 17.8 Å². The highest BCUT2D eigenvalue weighted by Gasteiger charge is 2.23. The van der Waals surface area contributed by atoms with Crippen molar-refractivity contribution in [3.63, 3.8) is 0 Å². The fraction of sp³-hybridized carbons (Fsp3) is 0.289. The molecule has 0 aliphatic rings. The fourth-order valence-corrected chi connectivity index (χ4v) is 5.62. The van der Waals surface area contributed by atoms with E-state index in [9.17, 15) is 10.2 Å². The summed E-state index contributed by atoms with van der Waals surface area (Å²) in [7, 11) is 0. The molecule has 44 heavy (non-hydrogen) atoms. The summed E-state index contributed by atoms with van der Waals surface area (Å²) in [6.07, 6.45) is 0. The van der Waals surface area contributed by atoms with Crippen LogP contribution >= 0.6 is 0 Å². The molecule has 0 spiro atoms. The zero-order valence-electron chi connectivity index (χ0n) is 27.1. The van der Waals surface area contributed by atoms with Crippen LogP contribution in [0.5, 0.6) is 17.2 Å². The van der Waals surface area contributed by atoms with Crippen molar-refractivity contribution >= 4 is 0 Å². The molecule has 0 aliphatic carbocycles. The third kappa shape index (κ3) is 6.16. The fourth-order valence-electron chi connectivity index (χ4n) is 5.62. The maximum Gasteiger partial charge on any atom is 0.167 e. The SMILES string of the molecule is Cc1ccc(-c2nc(-c3ccc(C)cc3C)nc(-c3ccc(OCc4c(C)cc(C(C)(C)C)c(O)c4C)cc3O)n2)c(C)c1. The number of rotatable bonds is 6. The van der Waals surface area contributed by atoms with Crippen LogP contribution in [0.15, 0.2) is 60.7 Å². The number of hydrogen-bond acceptors (Lipinski definition) is 6. The summed E-state index contributed by atoms with van der Waals surface area (Å²) in [6, 6.07) is 19.6. The lowest BCUT2D eigenvalue weighted by Gasteiger charge is -2.24. The molecular weight excluding hydrogens is 546 g/mol. The Morgan fingerprint density at radius 2 is 1.11 bits per heavy atom. The molecule has 0 atom stereocenters. The number of aromatic nitrogens is 3. The Bertz CT molecular complexity index is 1820. The van der Waals surface area contributed by atoms with Crippen molar-refractivity contribution in [2.45, 2.75) is 74.3 Å². The molecule has 6 heteroatoms. The normalized spacial score (nSPS) is 11.6. The van der Waals surface area contributed by atoms with Gasteiger partial charge in [-0.15, -0.1) is 0 Å². The van der Waals surface area contributed by atoms with Crippen LogP contribution in [0.1, 0.15) is 65.3 Å². The van der Waals surface area contributed by atoms with E-state index in [1.54, 1.807) is 18.2 Å². The monoisotopic (exact) mass is 587 g/mol. The van der Waals surface area contributed by atoms with E-state index < -0.39 is 0 Å². The van der Waals surface area contributed by atoms with Crippen molar-refractivity contribution in [1.82, 2.24) is 15.0 Å². The lowest BCUT2D eigenvalue weighted by molar-refractivity contribution is 0.301. The first-order chi connectivity index (χ1) is 20.7. The van der Waals surface area contributed by atoms with Crippen molar-refractivity contribution in [2.24, 2.45) is 0 Å². The van der Waals surface area contributed by atoms with Crippen LogP contribution in [0.2, 0.25) is 0 Å². The summed E-state index contributed by atoms with van der Waals surface area (Å²) in [6.45, 7) is 18.7. The second-order valence-electron chi connectivity index (χ2n) is 12.9. The zero-order valence-corrected chi connectivity index (χ0v) is 27.1. The minimum atomic E-state index is -0.175. The summed E-state index contributed by atoms with van der Waals surface area (Å²) >= 11 is 0. The van der Waals surface area contributed by atoms with Gasteiger partial charge in [0.15, 0.2) is 17.5 Å². The molecule has 5 rings (SSSR count). The topological polar surface area (TPSA) is 88.4 Å². The maximum absolute atomic E-state index is 11.2. The smallest absolute Gasteiger partial charge is 0.167 e. The van der Waals surface area contributed by atoms with Crippen LogP contribution in [-0.2, 0) is 12.0 Å². The summed E-state index contributed by atoms with van der Waals surface area (Å²) in [5.74, 6) is 2.28. The minimum absolute atomic E-state index is 0.00577. The van der Waals surface area contributed by atoms with E-state index >= 15 is 0 Å². The molecular formula is C38H41N3O3. The second-order valence-corrected chi connectivity index (χ2v) is 12.9. The number of nitrogens with zero attached hydrogens (tertiary/aromatic N) is 3. The van der Waals surface area contributed by atoms with Gasteiger partial charge in [-0.2, -0.15) is 0 Å². The third-order valence-corrected chi connectivity index (χ3v) is 8.18. The number of ether oxygens (including phenoxy) is 1. The zero-order chi connectivity index (χ0) is 31.9. The van der Waals surface area contributed by atoms with Gasteiger partial charge in [0.2, 0.25) is 0 Å². The lowest BCUT2D eigenvalue weighted by atomic mass is 9.83. The Balaban J connectivity index is 1.52. The van der Waals surface area contributed by atoms with Gasteiger partial charge in [-0.1, -0.05) is 74.4 Å². The third-order valence-electron chi connectivity index (χ3n) is 8.18. The molecule has 0 saturated carbocycles. The van der Waals surface area contributed by atoms with Crippen LogP contribution < -0.4 is 4.74 Å². The molecule has 6 nitrogen and oxygen atoms in total. The highest BCUT2D eigenvalue weighted by atomic mass is 16.5. The first-order valence-electron chi connectivity index (χ1n) is 14.9. The molecule has 0 bridgehead atoms. The Hall–Kier alpha value is -4.71. The average Bonchev–Trinajstić information content (AvgIpc) is 2.94. The Kier molecular flexibility index (Phi) is 8.21. The van der Waals surface area contributed by atoms with Gasteiger partial charge in [-0.25, -0.2) is 15.0 Å². The van der Waals surface area contributed by atoms with E-state index in [2.05, 4.69) is 46.8 Å². The van der Waals surface area contributed by atoms with Crippen LogP contribution in [-0.4, -0.2) is 25.2 Å². The molecule has 0 unspecified atom stereocenters. The molecule has 0 aliphatic heterocycles. The number of hydrogen-bond donors (Lipinski definition) is 2. The first-order valence-corrected chi connectivity index (χ1v) is 14.9. The van der Waals surface area contributed by atoms with Gasteiger partial charge >= 0.3 is 0 Å². The van der Waals surface area contributed by atoms with Gasteiger partial charge in [-0.05, 0) is 92.5 Å². The van der Waals surface area contributed by atoms with Gasteiger partial charge in [0, 0.05) is 17.2 Å². The maximum atomic E-state index is 11.2. The largest absolute Gasteiger partial charge is 0.507 e. The van der Waals surface area contributed by atoms with Gasteiger partial charge in [0.05, 0.1) is 5.56 Å². The lowest BCUT2D eigenvalue weighted by Crippen LogP contribution is -2.14. The quantitative estimate of drug-likeness (QED) is 0.206. The number of benzene rings is 4. The Morgan fingerprint density at radius 3 is 1.59 bits per heavy atom. The summed E-state index contributed by atoms with van der Waals surface area (Å²) in [5.41, 5.74) is 10.3. The van der Waals surface area contributed by atoms with Gasteiger partial charge in [0.1, 0.15) is 23.9 Å². The number of phenolic OH excluding ortho intramolecular Hbond substituents is 2. The van der Waals surface area contributed by atoms with E-state index in [0.717, 1.165) is 55.6 Å². The minimum Gasteiger partial charge on any atom is -0.507 e. The summed E-state index contributed by atoms with van der Waals surface area (Å²) in [5, 5.41) is 22.1. The van der Waals surface area contributed by atoms with Crippen LogP contribution in [0.4, 0.5) is 0 Å². The van der Waals surface area contributed by atoms with Crippen molar-refractivity contribution in [3.05, 3.63) is 105 Å². The molecule has 0 fully saturated rings. The molecule has 5 aromatic rings. The second kappa shape index (κ2) is 11.8. The van der Waals surface area contributed by atoms with Crippen LogP contribution in [0, 0.1) is 41.5 Å². The van der Waals surface area contributed by atoms with Crippen molar-refractivity contribution in [1.29, 1.82) is 0 Å². The standard InChI is InChI=1S/C38H41N3O3/c1-21-10-13-28(23(3)16-21)35-39-36(29-14-11-22(2)17-24(29)4)41-37(40-35)30-15-12-27(19-33(30)42)44-20-31-25(5)18-32(38(7,8)9)34(43)26(31)6/h10-19,42-43H,20H2,1-9H3. The highest BCUT2D eigenvalue weighted by Crippen LogP contribution is 2.38. The molecule has 1 aromatic heterocycles. The predicted molar refractivity (Wildman–Crippen MR) is 177 cm³/mol. The van der Waals surface area contributed by atoms with Gasteiger partial charge in [-0.3, -0.25) is 0 Å². The summed E-state index contributed by atoms with van der Waals surface area (Å²) < 4.78 is 6.12. The average molecular weight is 588 g/mol. The van der Waals surface area contributed by atoms with Crippen molar-refractivity contribution in [3.8, 4) is 51.4 Å². The highest BCUT2D eigenvalue weighted by molar-refractivity contribution is 5.72. The number of phenols is 2. The van der Waals surface area contributed by atoms with Crippen molar-refractivity contribution < 1.29 is 14.9 Å². The predicted octanol–water partition coefficient (Wildman–Crippen LogP) is 9.01. The first kappa shape index (κ1) is 30.7. The molecule has 2 N–H and O–H groups in total. The van der Waals surface area contributed by atoms with Gasteiger partial charge in [0.25, 0.3) is 0 Å². The van der Waals surface area contributed by atoms with Crippen LogP contribution in [0.25, 0.3) is 34.2 Å². The van der Waals surface area contributed by atoms with E-state index in [1.165, 1.54) is 0 Å². The van der Waals surface area contributed by atoms with E-state index in [4.69, 9.17) is 19.7 Å².